The van der Waals surface area contributed by atoms with Crippen LogP contribution in [0.15, 0.2) is 48.1 Å². The van der Waals surface area contributed by atoms with Crippen molar-refractivity contribution in [3.05, 3.63) is 70.8 Å². The lowest BCUT2D eigenvalue weighted by Crippen LogP contribution is -2.14. The number of hydrogen-bond acceptors (Lipinski definition) is 5. The summed E-state index contributed by atoms with van der Waals surface area (Å²) in [6.45, 7) is 5.97. The van der Waals surface area contributed by atoms with Crippen molar-refractivity contribution >= 4 is 33.5 Å². The number of carbonyl (C=O) groups excluding carboxylic acids is 1. The standard InChI is InChI=1S/C23H22N6OS/c1-14-12-21-24-15(2)19(16(3)29(21)27-14)8-9-22(30)25-18-6-4-17(5-7-18)20-13-28-10-11-31-23(28)26-20/h4-7,10-13H,8-9H2,1-3H3,(H,25,30). The van der Waals surface area contributed by atoms with Crippen LogP contribution in [-0.4, -0.2) is 29.9 Å². The number of carbonyl (C=O) groups is 1. The molecule has 0 aliphatic rings. The summed E-state index contributed by atoms with van der Waals surface area (Å²) >= 11 is 1.61. The summed E-state index contributed by atoms with van der Waals surface area (Å²) in [6.07, 6.45) is 5.01. The summed E-state index contributed by atoms with van der Waals surface area (Å²) in [5.74, 6) is -0.0224. The van der Waals surface area contributed by atoms with E-state index in [1.165, 1.54) is 0 Å². The van der Waals surface area contributed by atoms with Gasteiger partial charge in [-0.25, -0.2) is 14.5 Å². The van der Waals surface area contributed by atoms with Crippen LogP contribution in [-0.2, 0) is 11.2 Å². The molecular weight excluding hydrogens is 408 g/mol. The molecule has 8 heteroatoms. The second-order valence-corrected chi connectivity index (χ2v) is 8.53. The molecule has 5 aromatic rings. The van der Waals surface area contributed by atoms with Gasteiger partial charge in [-0.1, -0.05) is 12.1 Å². The second-order valence-electron chi connectivity index (χ2n) is 7.66. The van der Waals surface area contributed by atoms with E-state index in [1.807, 2.05) is 77.8 Å². The van der Waals surface area contributed by atoms with Crippen LogP contribution in [0.25, 0.3) is 21.9 Å². The highest BCUT2D eigenvalue weighted by atomic mass is 32.1. The molecule has 4 aromatic heterocycles. The van der Waals surface area contributed by atoms with E-state index in [2.05, 4.69) is 20.4 Å². The molecule has 7 nitrogen and oxygen atoms in total. The minimum absolute atomic E-state index is 0.0224. The van der Waals surface area contributed by atoms with Crippen molar-refractivity contribution in [3.63, 3.8) is 0 Å². The number of aryl methyl sites for hydroxylation is 3. The van der Waals surface area contributed by atoms with Crippen LogP contribution in [0.2, 0.25) is 0 Å². The molecule has 5 rings (SSSR count). The molecule has 31 heavy (non-hydrogen) atoms. The first-order valence-electron chi connectivity index (χ1n) is 10.1. The van der Waals surface area contributed by atoms with Crippen molar-refractivity contribution in [2.75, 3.05) is 5.32 Å². The molecular formula is C23H22N6OS. The Bertz CT molecular complexity index is 1380. The quantitative estimate of drug-likeness (QED) is 0.442. The number of anilines is 1. The topological polar surface area (TPSA) is 76.6 Å². The van der Waals surface area contributed by atoms with Crippen molar-refractivity contribution in [2.24, 2.45) is 0 Å². The average molecular weight is 431 g/mol. The zero-order valence-corrected chi connectivity index (χ0v) is 18.4. The van der Waals surface area contributed by atoms with E-state index < -0.39 is 0 Å². The number of hydrogen-bond donors (Lipinski definition) is 1. The predicted molar refractivity (Wildman–Crippen MR) is 123 cm³/mol. The number of thiazole rings is 1. The molecule has 0 fully saturated rings. The van der Waals surface area contributed by atoms with E-state index in [-0.39, 0.29) is 5.91 Å². The minimum Gasteiger partial charge on any atom is -0.326 e. The van der Waals surface area contributed by atoms with Gasteiger partial charge in [0.25, 0.3) is 0 Å². The number of nitrogens with one attached hydrogen (secondary N) is 1. The van der Waals surface area contributed by atoms with Crippen LogP contribution in [0.3, 0.4) is 0 Å². The number of rotatable bonds is 5. The lowest BCUT2D eigenvalue weighted by molar-refractivity contribution is -0.116. The van der Waals surface area contributed by atoms with Gasteiger partial charge in [0, 0.05) is 52.9 Å². The van der Waals surface area contributed by atoms with Crippen LogP contribution in [0.1, 0.15) is 29.1 Å². The number of benzene rings is 1. The third-order valence-corrected chi connectivity index (χ3v) is 6.22. The van der Waals surface area contributed by atoms with Gasteiger partial charge in [-0.05, 0) is 44.9 Å². The van der Waals surface area contributed by atoms with Crippen LogP contribution in [0.4, 0.5) is 5.69 Å². The Morgan fingerprint density at radius 2 is 1.94 bits per heavy atom. The van der Waals surface area contributed by atoms with Crippen molar-refractivity contribution in [1.82, 2.24) is 24.0 Å². The maximum absolute atomic E-state index is 12.5. The maximum atomic E-state index is 12.5. The van der Waals surface area contributed by atoms with E-state index in [1.54, 1.807) is 11.3 Å². The first-order chi connectivity index (χ1) is 15.0. The molecule has 156 valence electrons. The van der Waals surface area contributed by atoms with Crippen molar-refractivity contribution in [2.45, 2.75) is 33.6 Å². The van der Waals surface area contributed by atoms with Gasteiger partial charge in [-0.15, -0.1) is 11.3 Å². The summed E-state index contributed by atoms with van der Waals surface area (Å²) < 4.78 is 3.87. The molecule has 4 heterocycles. The van der Waals surface area contributed by atoms with Gasteiger partial charge >= 0.3 is 0 Å². The number of fused-ring (bicyclic) bond motifs is 2. The van der Waals surface area contributed by atoms with Crippen LogP contribution in [0.5, 0.6) is 0 Å². The van der Waals surface area contributed by atoms with E-state index in [9.17, 15) is 4.79 Å². The third kappa shape index (κ3) is 3.70. The van der Waals surface area contributed by atoms with Gasteiger partial charge in [-0.3, -0.25) is 9.20 Å². The minimum atomic E-state index is -0.0224. The molecule has 0 spiro atoms. The molecule has 0 saturated heterocycles. The summed E-state index contributed by atoms with van der Waals surface area (Å²) in [6, 6.07) is 9.75. The van der Waals surface area contributed by atoms with Crippen molar-refractivity contribution < 1.29 is 4.79 Å². The molecule has 0 aliphatic carbocycles. The first kappa shape index (κ1) is 19.4. The smallest absolute Gasteiger partial charge is 0.224 e. The monoisotopic (exact) mass is 430 g/mol. The van der Waals surface area contributed by atoms with Gasteiger partial charge in [0.2, 0.25) is 5.91 Å². The van der Waals surface area contributed by atoms with Crippen molar-refractivity contribution in [3.8, 4) is 11.3 Å². The van der Waals surface area contributed by atoms with Crippen molar-refractivity contribution in [1.29, 1.82) is 0 Å². The van der Waals surface area contributed by atoms with Gasteiger partial charge in [-0.2, -0.15) is 5.10 Å². The normalized spacial score (nSPS) is 11.5. The fraction of sp³-hybridized carbons (Fsp3) is 0.217. The van der Waals surface area contributed by atoms with Gasteiger partial charge in [0.15, 0.2) is 10.6 Å². The van der Waals surface area contributed by atoms with E-state index in [0.29, 0.717) is 12.8 Å². The van der Waals surface area contributed by atoms with Crippen LogP contribution in [0, 0.1) is 20.8 Å². The Morgan fingerprint density at radius 1 is 1.13 bits per heavy atom. The highest BCUT2D eigenvalue weighted by molar-refractivity contribution is 7.15. The zero-order chi connectivity index (χ0) is 21.5. The van der Waals surface area contributed by atoms with Crippen LogP contribution < -0.4 is 5.32 Å². The molecule has 1 N–H and O–H groups in total. The molecule has 0 radical (unpaired) electrons. The Morgan fingerprint density at radius 3 is 2.71 bits per heavy atom. The fourth-order valence-electron chi connectivity index (χ4n) is 3.86. The Labute approximate surface area is 183 Å². The molecule has 0 aliphatic heterocycles. The lowest BCUT2D eigenvalue weighted by atomic mass is 10.1. The largest absolute Gasteiger partial charge is 0.326 e. The highest BCUT2D eigenvalue weighted by Crippen LogP contribution is 2.23. The number of nitrogens with zero attached hydrogens (tertiary/aromatic N) is 5. The third-order valence-electron chi connectivity index (χ3n) is 5.45. The maximum Gasteiger partial charge on any atom is 0.224 e. The molecule has 1 amide bonds. The van der Waals surface area contributed by atoms with Gasteiger partial charge in [0.05, 0.1) is 11.4 Å². The number of amides is 1. The summed E-state index contributed by atoms with van der Waals surface area (Å²) in [4.78, 5) is 22.8. The summed E-state index contributed by atoms with van der Waals surface area (Å²) in [5, 5.41) is 9.50. The number of aromatic nitrogens is 5. The van der Waals surface area contributed by atoms with Gasteiger partial charge < -0.3 is 5.32 Å². The summed E-state index contributed by atoms with van der Waals surface area (Å²) in [7, 11) is 0. The Balaban J connectivity index is 1.25. The van der Waals surface area contributed by atoms with E-state index in [0.717, 1.165) is 50.2 Å². The van der Waals surface area contributed by atoms with E-state index >= 15 is 0 Å². The zero-order valence-electron chi connectivity index (χ0n) is 17.6. The molecule has 0 bridgehead atoms. The average Bonchev–Trinajstić information content (AvgIpc) is 3.43. The SMILES string of the molecule is Cc1cc2nc(C)c(CCC(=O)Nc3ccc(-c4cn5ccsc5n4)cc3)c(C)n2n1. The van der Waals surface area contributed by atoms with Crippen LogP contribution >= 0.6 is 11.3 Å². The second kappa shape index (κ2) is 7.63. The molecule has 0 atom stereocenters. The first-order valence-corrected chi connectivity index (χ1v) is 11.0. The molecule has 1 aromatic carbocycles. The Hall–Kier alpha value is -3.52. The summed E-state index contributed by atoms with van der Waals surface area (Å²) in [5.41, 5.74) is 7.55. The lowest BCUT2D eigenvalue weighted by Gasteiger charge is -2.11. The van der Waals surface area contributed by atoms with Gasteiger partial charge in [0.1, 0.15) is 0 Å². The van der Waals surface area contributed by atoms with E-state index in [4.69, 9.17) is 0 Å². The number of imidazole rings is 1. The fourth-order valence-corrected chi connectivity index (χ4v) is 4.56. The Kier molecular flexibility index (Phi) is 4.78. The molecule has 0 unspecified atom stereocenters. The predicted octanol–water partition coefficient (Wildman–Crippen LogP) is 4.60. The molecule has 0 saturated carbocycles. The highest BCUT2D eigenvalue weighted by Gasteiger charge is 2.13.